The van der Waals surface area contributed by atoms with Crippen LogP contribution in [0, 0.1) is 10.1 Å². The highest BCUT2D eigenvalue weighted by Crippen LogP contribution is 2.31. The van der Waals surface area contributed by atoms with Crippen LogP contribution in [0.25, 0.3) is 0 Å². The molecule has 0 radical (unpaired) electrons. The number of nitro benzene ring substituents is 1. The maximum absolute atomic E-state index is 13.1. The third-order valence-corrected chi connectivity index (χ3v) is 5.63. The van der Waals surface area contributed by atoms with Crippen molar-refractivity contribution in [3.8, 4) is 0 Å². The summed E-state index contributed by atoms with van der Waals surface area (Å²) >= 11 is 5.78. The Morgan fingerprint density at radius 1 is 1.04 bits per heavy atom. The van der Waals surface area contributed by atoms with Crippen LogP contribution in [0.3, 0.4) is 0 Å². The lowest BCUT2D eigenvalue weighted by atomic mass is 10.3. The normalized spacial score (nSPS) is 11.8. The number of nitro groups is 1. The maximum Gasteiger partial charge on any atom is 0.290 e. The Bertz CT molecular complexity index is 963. The summed E-state index contributed by atoms with van der Waals surface area (Å²) in [5.41, 5.74) is -0.596. The molecule has 0 fully saturated rings. The molecule has 3 rings (SSSR count). The molecular weight excluding hydrogens is 384 g/mol. The summed E-state index contributed by atoms with van der Waals surface area (Å²) in [6.45, 7) is -0.231. The van der Waals surface area contributed by atoms with Gasteiger partial charge in [0.15, 0.2) is 4.90 Å². The largest absolute Gasteiger partial charge is 0.468 e. The summed E-state index contributed by atoms with van der Waals surface area (Å²) in [5, 5.41) is 11.4. The molecule has 0 atom stereocenters. The van der Waals surface area contributed by atoms with E-state index < -0.39 is 25.5 Å². The molecular formula is C16H13ClN2O6S. The van der Waals surface area contributed by atoms with Crippen LogP contribution in [0.5, 0.6) is 0 Å². The number of nitrogens with zero attached hydrogens (tertiary/aromatic N) is 2. The van der Waals surface area contributed by atoms with Crippen LogP contribution >= 0.6 is 11.6 Å². The Morgan fingerprint density at radius 3 is 2.08 bits per heavy atom. The molecule has 0 aliphatic carbocycles. The lowest BCUT2D eigenvalue weighted by Crippen LogP contribution is -2.30. The Kier molecular flexibility index (Phi) is 5.12. The first kappa shape index (κ1) is 18.2. The topological polar surface area (TPSA) is 107 Å². The highest BCUT2D eigenvalue weighted by Gasteiger charge is 2.33. The van der Waals surface area contributed by atoms with E-state index in [2.05, 4.69) is 0 Å². The number of hydrogen-bond acceptors (Lipinski definition) is 6. The minimum absolute atomic E-state index is 0.0688. The van der Waals surface area contributed by atoms with E-state index in [0.29, 0.717) is 11.5 Å². The van der Waals surface area contributed by atoms with E-state index in [1.54, 1.807) is 24.3 Å². The summed E-state index contributed by atoms with van der Waals surface area (Å²) < 4.78 is 37.7. The van der Waals surface area contributed by atoms with Gasteiger partial charge in [0.2, 0.25) is 0 Å². The van der Waals surface area contributed by atoms with Gasteiger partial charge in [-0.3, -0.25) is 10.1 Å². The van der Waals surface area contributed by atoms with Crippen LogP contribution in [0.15, 0.2) is 68.7 Å². The van der Waals surface area contributed by atoms with Gasteiger partial charge in [-0.15, -0.1) is 0 Å². The molecule has 2 aromatic heterocycles. The molecule has 0 unspecified atom stereocenters. The number of benzene rings is 1. The van der Waals surface area contributed by atoms with Crippen LogP contribution in [-0.2, 0) is 23.1 Å². The van der Waals surface area contributed by atoms with Gasteiger partial charge in [0.1, 0.15) is 11.5 Å². The average Bonchev–Trinajstić information content (AvgIpc) is 3.27. The Morgan fingerprint density at radius 2 is 1.62 bits per heavy atom. The Hall–Kier alpha value is -2.62. The molecule has 2 heterocycles. The second-order valence-electron chi connectivity index (χ2n) is 5.30. The van der Waals surface area contributed by atoms with Crippen LogP contribution in [-0.4, -0.2) is 17.6 Å². The van der Waals surface area contributed by atoms with Crippen LogP contribution in [0.4, 0.5) is 5.69 Å². The fourth-order valence-electron chi connectivity index (χ4n) is 2.37. The predicted octanol–water partition coefficient (Wildman–Crippen LogP) is 3.83. The van der Waals surface area contributed by atoms with Gasteiger partial charge in [0.25, 0.3) is 15.7 Å². The van der Waals surface area contributed by atoms with Crippen LogP contribution < -0.4 is 0 Å². The van der Waals surface area contributed by atoms with Crippen molar-refractivity contribution in [3.05, 3.63) is 81.6 Å². The molecule has 3 aromatic rings. The summed E-state index contributed by atoms with van der Waals surface area (Å²) in [7, 11) is -4.23. The van der Waals surface area contributed by atoms with Gasteiger partial charge in [-0.05, 0) is 36.4 Å². The molecule has 0 N–H and O–H groups in total. The number of furan rings is 2. The third-order valence-electron chi connectivity index (χ3n) is 3.56. The van der Waals surface area contributed by atoms with Crippen molar-refractivity contribution in [2.75, 3.05) is 0 Å². The third kappa shape index (κ3) is 3.79. The van der Waals surface area contributed by atoms with Gasteiger partial charge >= 0.3 is 0 Å². The van der Waals surface area contributed by atoms with Crippen molar-refractivity contribution >= 4 is 27.3 Å². The monoisotopic (exact) mass is 396 g/mol. The first-order chi connectivity index (χ1) is 12.4. The molecule has 0 aliphatic heterocycles. The maximum atomic E-state index is 13.1. The molecule has 10 heteroatoms. The van der Waals surface area contributed by atoms with Crippen LogP contribution in [0.2, 0.25) is 5.02 Å². The highest BCUT2D eigenvalue weighted by molar-refractivity contribution is 7.89. The SMILES string of the molecule is O=[N+]([O-])c1cc(Cl)ccc1S(=O)(=O)N(Cc1ccco1)Cc1ccco1. The van der Waals surface area contributed by atoms with Gasteiger partial charge in [-0.25, -0.2) is 8.42 Å². The fourth-order valence-corrected chi connectivity index (χ4v) is 4.05. The molecule has 0 aliphatic rings. The molecule has 1 aromatic carbocycles. The molecule has 0 bridgehead atoms. The second kappa shape index (κ2) is 7.32. The van der Waals surface area contributed by atoms with E-state index in [9.17, 15) is 18.5 Å². The number of hydrogen-bond donors (Lipinski definition) is 0. The van der Waals surface area contributed by atoms with E-state index in [4.69, 9.17) is 20.4 Å². The first-order valence-electron chi connectivity index (χ1n) is 7.37. The summed E-state index contributed by atoms with van der Waals surface area (Å²) in [6, 6.07) is 9.89. The van der Waals surface area contributed by atoms with E-state index in [1.807, 2.05) is 0 Å². The summed E-state index contributed by atoms with van der Waals surface area (Å²) in [5.74, 6) is 0.772. The molecule has 136 valence electrons. The quantitative estimate of drug-likeness (QED) is 0.443. The van der Waals surface area contributed by atoms with Gasteiger partial charge in [0.05, 0.1) is 30.5 Å². The standard InChI is InChI=1S/C16H13ClN2O6S/c17-12-5-6-16(15(9-12)19(20)21)26(22,23)18(10-13-3-1-7-24-13)11-14-4-2-8-25-14/h1-9H,10-11H2. The molecule has 0 amide bonds. The number of rotatable bonds is 7. The first-order valence-corrected chi connectivity index (χ1v) is 9.18. The van der Waals surface area contributed by atoms with E-state index in [-0.39, 0.29) is 18.1 Å². The second-order valence-corrected chi connectivity index (χ2v) is 7.64. The van der Waals surface area contributed by atoms with Crippen molar-refractivity contribution < 1.29 is 22.2 Å². The molecule has 0 saturated heterocycles. The zero-order valence-electron chi connectivity index (χ0n) is 13.2. The highest BCUT2D eigenvalue weighted by atomic mass is 35.5. The van der Waals surface area contributed by atoms with Crippen LogP contribution in [0.1, 0.15) is 11.5 Å². The number of halogens is 1. The smallest absolute Gasteiger partial charge is 0.290 e. The van der Waals surface area contributed by atoms with E-state index in [0.717, 1.165) is 16.4 Å². The Balaban J connectivity index is 2.05. The summed E-state index contributed by atoms with van der Waals surface area (Å²) in [4.78, 5) is 10.1. The van der Waals surface area contributed by atoms with E-state index in [1.165, 1.54) is 18.6 Å². The minimum Gasteiger partial charge on any atom is -0.468 e. The zero-order valence-corrected chi connectivity index (χ0v) is 14.8. The fraction of sp³-hybridized carbons (Fsp3) is 0.125. The van der Waals surface area contributed by atoms with Gasteiger partial charge < -0.3 is 8.83 Å². The number of sulfonamides is 1. The van der Waals surface area contributed by atoms with Gasteiger partial charge in [0, 0.05) is 11.1 Å². The molecule has 0 spiro atoms. The van der Waals surface area contributed by atoms with Crippen molar-refractivity contribution in [1.82, 2.24) is 4.31 Å². The van der Waals surface area contributed by atoms with E-state index >= 15 is 0 Å². The predicted molar refractivity (Wildman–Crippen MR) is 92.0 cm³/mol. The Labute approximate surface area is 153 Å². The lowest BCUT2D eigenvalue weighted by Gasteiger charge is -2.20. The minimum atomic E-state index is -4.23. The summed E-state index contributed by atoms with van der Waals surface area (Å²) in [6.07, 6.45) is 2.83. The molecule has 26 heavy (non-hydrogen) atoms. The van der Waals surface area contributed by atoms with Gasteiger partial charge in [-0.1, -0.05) is 11.6 Å². The lowest BCUT2D eigenvalue weighted by molar-refractivity contribution is -0.387. The van der Waals surface area contributed by atoms with Crippen molar-refractivity contribution in [2.24, 2.45) is 0 Å². The zero-order chi connectivity index (χ0) is 18.7. The average molecular weight is 397 g/mol. The van der Waals surface area contributed by atoms with Crippen molar-refractivity contribution in [1.29, 1.82) is 0 Å². The van der Waals surface area contributed by atoms with Crippen molar-refractivity contribution in [3.63, 3.8) is 0 Å². The van der Waals surface area contributed by atoms with Crippen molar-refractivity contribution in [2.45, 2.75) is 18.0 Å². The molecule has 0 saturated carbocycles. The van der Waals surface area contributed by atoms with Gasteiger partial charge in [-0.2, -0.15) is 4.31 Å². The molecule has 8 nitrogen and oxygen atoms in total.